The first kappa shape index (κ1) is 25.4. The molecule has 2 heterocycles. The molecule has 11 nitrogen and oxygen atoms in total. The highest BCUT2D eigenvalue weighted by Crippen LogP contribution is 2.25. The molecule has 0 radical (unpaired) electrons. The van der Waals surface area contributed by atoms with E-state index in [1.807, 2.05) is 31.2 Å². The minimum Gasteiger partial charge on any atom is -0.461 e. The Morgan fingerprint density at radius 3 is 2.69 bits per heavy atom. The summed E-state index contributed by atoms with van der Waals surface area (Å²) < 4.78 is 5.77. The quantitative estimate of drug-likeness (QED) is 0.256. The summed E-state index contributed by atoms with van der Waals surface area (Å²) >= 11 is 6.02. The van der Waals surface area contributed by atoms with Gasteiger partial charge in [0.1, 0.15) is 11.3 Å². The van der Waals surface area contributed by atoms with Crippen LogP contribution in [-0.2, 0) is 17.8 Å². The van der Waals surface area contributed by atoms with Crippen LogP contribution in [0.1, 0.15) is 18.2 Å². The molecule has 0 aliphatic carbocycles. The highest BCUT2D eigenvalue weighted by atomic mass is 35.5. The number of amides is 4. The summed E-state index contributed by atoms with van der Waals surface area (Å²) in [7, 11) is 0. The lowest BCUT2D eigenvalue weighted by Gasteiger charge is -2.42. The highest BCUT2D eigenvalue weighted by Gasteiger charge is 2.39. The number of imide groups is 1. The van der Waals surface area contributed by atoms with Crippen molar-refractivity contribution in [2.75, 3.05) is 25.0 Å². The minimum absolute atomic E-state index is 0.0356. The summed E-state index contributed by atoms with van der Waals surface area (Å²) in [5.74, 6) is 5.47. The fourth-order valence-corrected chi connectivity index (χ4v) is 4.15. The summed E-state index contributed by atoms with van der Waals surface area (Å²) in [6, 6.07) is 13.4. The third-order valence-electron chi connectivity index (χ3n) is 5.88. The maximum Gasteiger partial charge on any atom is 0.331 e. The molecule has 2 aromatic carbocycles. The van der Waals surface area contributed by atoms with Gasteiger partial charge in [0.2, 0.25) is 0 Å². The summed E-state index contributed by atoms with van der Waals surface area (Å²) in [6.07, 6.45) is -0.0779. The second-order valence-electron chi connectivity index (χ2n) is 8.47. The van der Waals surface area contributed by atoms with Crippen LogP contribution in [0.15, 0.2) is 58.1 Å². The fraction of sp³-hybridized carbons (Fsp3) is 0.333. The van der Waals surface area contributed by atoms with Crippen LogP contribution in [0.3, 0.4) is 0 Å². The van der Waals surface area contributed by atoms with Crippen molar-refractivity contribution >= 4 is 40.3 Å². The number of carbonyl (C=O) groups is 2. The topological polar surface area (TPSA) is 142 Å². The predicted molar refractivity (Wildman–Crippen MR) is 135 cm³/mol. The standard InChI is InChI=1S/C24H27ClN6O5/c1-2-20-10-17-9-19(7-8-21(17)36-20)28-22-29-23(32)31(13-16(11-27-34)14-35-26)24(33)30(22)12-15-3-5-18(25)6-4-15/h3-10,16,22,28H,2,11-14,26H2,1H3,(H,29,32). The lowest BCUT2D eigenvalue weighted by Crippen LogP contribution is -2.67. The van der Waals surface area contributed by atoms with Crippen LogP contribution < -0.4 is 16.5 Å². The van der Waals surface area contributed by atoms with Crippen molar-refractivity contribution in [3.63, 3.8) is 0 Å². The number of fused-ring (bicyclic) bond motifs is 1. The zero-order chi connectivity index (χ0) is 25.7. The first-order chi connectivity index (χ1) is 17.4. The first-order valence-corrected chi connectivity index (χ1v) is 11.8. The Kier molecular flexibility index (Phi) is 8.04. The number of halogens is 1. The van der Waals surface area contributed by atoms with Gasteiger partial charge in [-0.1, -0.05) is 35.8 Å². The van der Waals surface area contributed by atoms with Crippen molar-refractivity contribution in [2.24, 2.45) is 17.0 Å². The van der Waals surface area contributed by atoms with Crippen LogP contribution in [0.2, 0.25) is 5.02 Å². The zero-order valence-corrected chi connectivity index (χ0v) is 20.4. The molecule has 2 unspecified atom stereocenters. The third kappa shape index (κ3) is 5.76. The van der Waals surface area contributed by atoms with Crippen LogP contribution in [0.4, 0.5) is 15.3 Å². The molecule has 1 saturated heterocycles. The molecule has 1 fully saturated rings. The van der Waals surface area contributed by atoms with Crippen molar-refractivity contribution in [1.82, 2.24) is 15.1 Å². The average molecular weight is 515 g/mol. The first-order valence-electron chi connectivity index (χ1n) is 11.4. The molecule has 4 amide bonds. The molecule has 2 atom stereocenters. The zero-order valence-electron chi connectivity index (χ0n) is 19.6. The molecule has 12 heteroatoms. The Bertz CT molecular complexity index is 1230. The van der Waals surface area contributed by atoms with Gasteiger partial charge in [0.15, 0.2) is 6.29 Å². The van der Waals surface area contributed by atoms with Gasteiger partial charge in [0.05, 0.1) is 19.7 Å². The minimum atomic E-state index is -0.847. The number of hydrogen-bond donors (Lipinski definition) is 3. The molecule has 1 aromatic heterocycles. The molecule has 1 aliphatic rings. The predicted octanol–water partition coefficient (Wildman–Crippen LogP) is 4.26. The molecule has 190 valence electrons. The lowest BCUT2D eigenvalue weighted by atomic mass is 10.1. The van der Waals surface area contributed by atoms with Crippen molar-refractivity contribution in [2.45, 2.75) is 26.2 Å². The van der Waals surface area contributed by atoms with Gasteiger partial charge in [-0.25, -0.2) is 20.4 Å². The average Bonchev–Trinajstić information content (AvgIpc) is 3.28. The van der Waals surface area contributed by atoms with Crippen molar-refractivity contribution in [3.8, 4) is 0 Å². The van der Waals surface area contributed by atoms with E-state index in [9.17, 15) is 14.5 Å². The molecule has 4 rings (SSSR count). The smallest absolute Gasteiger partial charge is 0.331 e. The van der Waals surface area contributed by atoms with E-state index in [4.69, 9.17) is 21.9 Å². The highest BCUT2D eigenvalue weighted by molar-refractivity contribution is 6.30. The number of anilines is 1. The molecule has 36 heavy (non-hydrogen) atoms. The second kappa shape index (κ2) is 11.4. The van der Waals surface area contributed by atoms with Crippen LogP contribution >= 0.6 is 11.6 Å². The van der Waals surface area contributed by atoms with Gasteiger partial charge >= 0.3 is 12.1 Å². The number of urea groups is 2. The summed E-state index contributed by atoms with van der Waals surface area (Å²) in [6.45, 7) is 1.92. The normalized spacial score (nSPS) is 16.8. The van der Waals surface area contributed by atoms with E-state index >= 15 is 0 Å². The Labute approximate surface area is 212 Å². The second-order valence-corrected chi connectivity index (χ2v) is 8.91. The van der Waals surface area contributed by atoms with Gasteiger partial charge in [-0.3, -0.25) is 10.2 Å². The van der Waals surface area contributed by atoms with E-state index in [1.54, 1.807) is 24.3 Å². The van der Waals surface area contributed by atoms with Gasteiger partial charge in [-0.05, 0) is 42.0 Å². The number of rotatable bonds is 11. The van der Waals surface area contributed by atoms with Crippen molar-refractivity contribution < 1.29 is 18.8 Å². The number of nitrogens with two attached hydrogens (primary N) is 1. The number of carbonyl (C=O) groups excluding carboxylic acids is 2. The Hall–Kier alpha value is -3.67. The Morgan fingerprint density at radius 2 is 2.00 bits per heavy atom. The summed E-state index contributed by atoms with van der Waals surface area (Å²) in [5, 5.41) is 10.4. The van der Waals surface area contributed by atoms with Crippen LogP contribution in [0, 0.1) is 10.8 Å². The molecule has 0 spiro atoms. The maximum absolute atomic E-state index is 13.5. The van der Waals surface area contributed by atoms with Crippen molar-refractivity contribution in [1.29, 1.82) is 0 Å². The van der Waals surface area contributed by atoms with Gasteiger partial charge < -0.3 is 14.6 Å². The van der Waals surface area contributed by atoms with E-state index in [1.165, 1.54) is 4.90 Å². The largest absolute Gasteiger partial charge is 0.461 e. The van der Waals surface area contributed by atoms with Crippen LogP contribution in [0.25, 0.3) is 11.0 Å². The molecule has 0 bridgehead atoms. The maximum atomic E-state index is 13.5. The van der Waals surface area contributed by atoms with E-state index in [-0.39, 0.29) is 26.2 Å². The van der Waals surface area contributed by atoms with Crippen molar-refractivity contribution in [3.05, 3.63) is 69.8 Å². The molecular formula is C24H27ClN6O5. The number of hydrogen-bond acceptors (Lipinski definition) is 8. The monoisotopic (exact) mass is 514 g/mol. The Balaban J connectivity index is 1.60. The Morgan fingerprint density at radius 1 is 1.22 bits per heavy atom. The molecular weight excluding hydrogens is 488 g/mol. The number of nitrogens with one attached hydrogen (secondary N) is 2. The van der Waals surface area contributed by atoms with Gasteiger partial charge in [0, 0.05) is 35.0 Å². The molecule has 3 aromatic rings. The molecule has 1 aliphatic heterocycles. The van der Waals surface area contributed by atoms with Crippen LogP contribution in [0.5, 0.6) is 0 Å². The van der Waals surface area contributed by atoms with Gasteiger partial charge in [-0.2, -0.15) is 4.91 Å². The molecule has 4 N–H and O–H groups in total. The van der Waals surface area contributed by atoms with E-state index in [2.05, 4.69) is 20.6 Å². The summed E-state index contributed by atoms with van der Waals surface area (Å²) in [5.41, 5.74) is 2.25. The van der Waals surface area contributed by atoms with E-state index in [0.717, 1.165) is 33.6 Å². The molecule has 0 saturated carbocycles. The fourth-order valence-electron chi connectivity index (χ4n) is 4.03. The van der Waals surface area contributed by atoms with E-state index < -0.39 is 24.3 Å². The number of nitrogens with zero attached hydrogens (tertiary/aromatic N) is 3. The third-order valence-corrected chi connectivity index (χ3v) is 6.14. The number of benzene rings is 2. The summed E-state index contributed by atoms with van der Waals surface area (Å²) in [4.78, 5) is 44.4. The van der Waals surface area contributed by atoms with Gasteiger partial charge in [-0.15, -0.1) is 0 Å². The SMILES string of the molecule is CCc1cc2cc(NC3NC(=O)N(CC(CN=O)CON)C(=O)N3Cc3ccc(Cl)cc3)ccc2o1. The van der Waals surface area contributed by atoms with E-state index in [0.29, 0.717) is 10.7 Å². The number of aryl methyl sites for hydroxylation is 1. The lowest BCUT2D eigenvalue weighted by molar-refractivity contribution is 0.0744. The number of nitroso groups, excluding NO2 is 1. The van der Waals surface area contributed by atoms with Crippen LogP contribution in [-0.4, -0.2) is 47.8 Å². The number of furan rings is 1. The van der Waals surface area contributed by atoms with Gasteiger partial charge in [0.25, 0.3) is 0 Å².